The second kappa shape index (κ2) is 6.86. The molecule has 0 rings (SSSR count). The number of aliphatic carboxylic acids is 1. The van der Waals surface area contributed by atoms with Crippen LogP contribution >= 0.6 is 0 Å². The van der Waals surface area contributed by atoms with Crippen LogP contribution in [0.15, 0.2) is 12.3 Å². The van der Waals surface area contributed by atoms with Crippen molar-refractivity contribution in [2.75, 3.05) is 13.1 Å². The number of nitrogens with one attached hydrogen (secondary N) is 1. The first-order valence-corrected chi connectivity index (χ1v) is 4.90. The Kier molecular flexibility index (Phi) is 6.17. The quantitative estimate of drug-likeness (QED) is 0.629. The molecule has 0 aromatic heterocycles. The van der Waals surface area contributed by atoms with Gasteiger partial charge < -0.3 is 15.3 Å². The van der Waals surface area contributed by atoms with Crippen molar-refractivity contribution in [1.82, 2.24) is 10.2 Å². The van der Waals surface area contributed by atoms with Gasteiger partial charge in [-0.05, 0) is 20.8 Å². The van der Waals surface area contributed by atoms with Gasteiger partial charge in [-0.15, -0.1) is 0 Å². The Morgan fingerprint density at radius 1 is 1.47 bits per heavy atom. The first-order valence-electron chi connectivity index (χ1n) is 4.90. The van der Waals surface area contributed by atoms with Crippen molar-refractivity contribution in [3.05, 3.63) is 12.3 Å². The van der Waals surface area contributed by atoms with Crippen LogP contribution in [-0.2, 0) is 9.59 Å². The Morgan fingerprint density at radius 3 is 2.47 bits per heavy atom. The van der Waals surface area contributed by atoms with Crippen molar-refractivity contribution in [1.29, 1.82) is 0 Å². The summed E-state index contributed by atoms with van der Waals surface area (Å²) >= 11 is 0. The summed E-state index contributed by atoms with van der Waals surface area (Å²) in [6.07, 6.45) is 2.42. The highest BCUT2D eigenvalue weighted by atomic mass is 16.4. The van der Waals surface area contributed by atoms with Crippen molar-refractivity contribution in [3.8, 4) is 0 Å². The van der Waals surface area contributed by atoms with Gasteiger partial charge in [0.05, 0.1) is 6.54 Å². The smallest absolute Gasteiger partial charge is 0.329 e. The maximum absolute atomic E-state index is 11.3. The van der Waals surface area contributed by atoms with Crippen molar-refractivity contribution in [2.24, 2.45) is 0 Å². The molecule has 0 saturated carbocycles. The van der Waals surface area contributed by atoms with E-state index in [0.717, 1.165) is 6.08 Å². The van der Waals surface area contributed by atoms with Gasteiger partial charge >= 0.3 is 5.97 Å². The minimum Gasteiger partial charge on any atom is -0.478 e. The molecule has 2 N–H and O–H groups in total. The number of rotatable bonds is 6. The highest BCUT2D eigenvalue weighted by Gasteiger charge is 2.06. The molecule has 0 spiro atoms. The molecule has 0 aromatic carbocycles. The lowest BCUT2D eigenvalue weighted by atomic mass is 10.4. The zero-order valence-corrected chi connectivity index (χ0v) is 9.36. The van der Waals surface area contributed by atoms with Crippen LogP contribution < -0.4 is 5.32 Å². The van der Waals surface area contributed by atoms with Crippen LogP contribution in [0.5, 0.6) is 0 Å². The molecule has 0 saturated heterocycles. The van der Waals surface area contributed by atoms with Crippen LogP contribution in [0.4, 0.5) is 0 Å². The van der Waals surface area contributed by atoms with Gasteiger partial charge in [-0.3, -0.25) is 4.79 Å². The summed E-state index contributed by atoms with van der Waals surface area (Å²) in [7, 11) is 0. The van der Waals surface area contributed by atoms with Gasteiger partial charge in [0.25, 0.3) is 0 Å². The SMILES string of the molecule is CCN(C=CC(=O)O)CC(=O)NC(C)C. The molecule has 0 aromatic rings. The van der Waals surface area contributed by atoms with E-state index < -0.39 is 5.97 Å². The third kappa shape index (κ3) is 7.54. The van der Waals surface area contributed by atoms with E-state index in [1.807, 2.05) is 20.8 Å². The largest absolute Gasteiger partial charge is 0.478 e. The molecule has 15 heavy (non-hydrogen) atoms. The van der Waals surface area contributed by atoms with E-state index in [4.69, 9.17) is 5.11 Å². The van der Waals surface area contributed by atoms with Gasteiger partial charge in [0.15, 0.2) is 0 Å². The molecule has 0 atom stereocenters. The van der Waals surface area contributed by atoms with Crippen molar-refractivity contribution < 1.29 is 14.7 Å². The Hall–Kier alpha value is -1.52. The molecule has 0 fully saturated rings. The summed E-state index contributed by atoms with van der Waals surface area (Å²) < 4.78 is 0. The zero-order chi connectivity index (χ0) is 11.8. The molecule has 0 aliphatic carbocycles. The van der Waals surface area contributed by atoms with Crippen LogP contribution in [0.1, 0.15) is 20.8 Å². The molecule has 0 aliphatic rings. The number of carboxylic acid groups (broad SMARTS) is 1. The maximum atomic E-state index is 11.3. The number of likely N-dealkylation sites (N-methyl/N-ethyl adjacent to an activating group) is 1. The molecule has 0 heterocycles. The summed E-state index contributed by atoms with van der Waals surface area (Å²) in [4.78, 5) is 23.2. The predicted molar refractivity (Wildman–Crippen MR) is 57.3 cm³/mol. The van der Waals surface area contributed by atoms with E-state index >= 15 is 0 Å². The number of amides is 1. The lowest BCUT2D eigenvalue weighted by Crippen LogP contribution is -2.38. The Morgan fingerprint density at radius 2 is 2.07 bits per heavy atom. The molecule has 1 amide bonds. The van der Waals surface area contributed by atoms with E-state index in [9.17, 15) is 9.59 Å². The Labute approximate surface area is 89.8 Å². The van der Waals surface area contributed by atoms with Gasteiger partial charge in [0, 0.05) is 24.9 Å². The van der Waals surface area contributed by atoms with Crippen LogP contribution in [0.3, 0.4) is 0 Å². The monoisotopic (exact) mass is 214 g/mol. The van der Waals surface area contributed by atoms with Crippen molar-refractivity contribution in [2.45, 2.75) is 26.8 Å². The molecular formula is C10H18N2O3. The molecule has 0 unspecified atom stereocenters. The Balaban J connectivity index is 4.09. The first-order chi connectivity index (χ1) is 6.95. The third-order valence-corrected chi connectivity index (χ3v) is 1.63. The minimum atomic E-state index is -1.02. The van der Waals surface area contributed by atoms with Gasteiger partial charge in [-0.2, -0.15) is 0 Å². The fourth-order valence-electron chi connectivity index (χ4n) is 0.991. The average Bonchev–Trinajstić information content (AvgIpc) is 2.10. The number of carbonyl (C=O) groups is 2. The maximum Gasteiger partial charge on any atom is 0.329 e. The zero-order valence-electron chi connectivity index (χ0n) is 9.36. The molecule has 86 valence electrons. The number of carbonyl (C=O) groups excluding carboxylic acids is 1. The lowest BCUT2D eigenvalue weighted by Gasteiger charge is -2.18. The fourth-order valence-corrected chi connectivity index (χ4v) is 0.991. The molecule has 5 nitrogen and oxygen atoms in total. The highest BCUT2D eigenvalue weighted by molar-refractivity contribution is 5.80. The van der Waals surface area contributed by atoms with E-state index in [1.54, 1.807) is 4.90 Å². The van der Waals surface area contributed by atoms with Gasteiger partial charge in [-0.25, -0.2) is 4.79 Å². The van der Waals surface area contributed by atoms with Gasteiger partial charge in [-0.1, -0.05) is 0 Å². The third-order valence-electron chi connectivity index (χ3n) is 1.63. The summed E-state index contributed by atoms with van der Waals surface area (Å²) in [6, 6.07) is 0.0969. The molecule has 0 radical (unpaired) electrons. The topological polar surface area (TPSA) is 69.6 Å². The van der Waals surface area contributed by atoms with Crippen LogP contribution in [0.2, 0.25) is 0 Å². The average molecular weight is 214 g/mol. The normalized spacial score (nSPS) is 10.7. The van der Waals surface area contributed by atoms with E-state index in [0.29, 0.717) is 6.54 Å². The Bertz CT molecular complexity index is 249. The first kappa shape index (κ1) is 13.5. The van der Waals surface area contributed by atoms with Crippen LogP contribution in [0.25, 0.3) is 0 Å². The molecule has 5 heteroatoms. The number of nitrogens with zero attached hydrogens (tertiary/aromatic N) is 1. The lowest BCUT2D eigenvalue weighted by molar-refractivity contribution is -0.131. The molecular weight excluding hydrogens is 196 g/mol. The summed E-state index contributed by atoms with van der Waals surface area (Å²) in [5.41, 5.74) is 0. The van der Waals surface area contributed by atoms with Crippen molar-refractivity contribution >= 4 is 11.9 Å². The summed E-state index contributed by atoms with van der Waals surface area (Å²) in [6.45, 7) is 6.38. The summed E-state index contributed by atoms with van der Waals surface area (Å²) in [5, 5.41) is 11.2. The number of carboxylic acids is 1. The number of hydrogen-bond acceptors (Lipinski definition) is 3. The highest BCUT2D eigenvalue weighted by Crippen LogP contribution is 1.90. The minimum absolute atomic E-state index is 0.0969. The van der Waals surface area contributed by atoms with Crippen molar-refractivity contribution in [3.63, 3.8) is 0 Å². The van der Waals surface area contributed by atoms with E-state index in [1.165, 1.54) is 6.20 Å². The fraction of sp³-hybridized carbons (Fsp3) is 0.600. The van der Waals surface area contributed by atoms with Crippen LogP contribution in [-0.4, -0.2) is 41.0 Å². The van der Waals surface area contributed by atoms with E-state index in [2.05, 4.69) is 5.32 Å². The van der Waals surface area contributed by atoms with Gasteiger partial charge in [0.1, 0.15) is 0 Å². The second-order valence-corrected chi connectivity index (χ2v) is 3.44. The molecule has 0 bridgehead atoms. The summed E-state index contributed by atoms with van der Waals surface area (Å²) in [5.74, 6) is -1.13. The van der Waals surface area contributed by atoms with E-state index in [-0.39, 0.29) is 18.5 Å². The number of hydrogen-bond donors (Lipinski definition) is 2. The predicted octanol–water partition coefficient (Wildman–Crippen LogP) is 0.431. The molecule has 0 aliphatic heterocycles. The second-order valence-electron chi connectivity index (χ2n) is 3.44. The van der Waals surface area contributed by atoms with Crippen LogP contribution in [0, 0.1) is 0 Å². The van der Waals surface area contributed by atoms with Gasteiger partial charge in [0.2, 0.25) is 5.91 Å². The standard InChI is InChI=1S/C10H18N2O3/c1-4-12(6-5-10(14)15)7-9(13)11-8(2)3/h5-6,8H,4,7H2,1-3H3,(H,11,13)(H,14,15).